The van der Waals surface area contributed by atoms with Gasteiger partial charge in [-0.15, -0.1) is 0 Å². The van der Waals surface area contributed by atoms with E-state index in [1.165, 1.54) is 0 Å². The maximum atomic E-state index is 12.4. The largest absolute Gasteiger partial charge is 0.460 e. The molecule has 0 N–H and O–H groups in total. The molecule has 1 atom stereocenters. The molecule has 1 heterocycles. The normalized spacial score (nSPS) is 12.0. The number of rotatable bonds is 6. The van der Waals surface area contributed by atoms with Crippen molar-refractivity contribution >= 4 is 49.6 Å². The number of hydrogen-bond donors (Lipinski definition) is 0. The van der Waals surface area contributed by atoms with Crippen LogP contribution in [0, 0.1) is 0 Å². The number of fused-ring (bicyclic) bond motifs is 1. The highest BCUT2D eigenvalue weighted by Gasteiger charge is 2.23. The Morgan fingerprint density at radius 1 is 1.07 bits per heavy atom. The van der Waals surface area contributed by atoms with Crippen LogP contribution >= 0.6 is 15.9 Å². The quantitative estimate of drug-likeness (QED) is 0.500. The first-order valence-corrected chi connectivity index (χ1v) is 10.7. The highest BCUT2D eigenvalue weighted by Crippen LogP contribution is 2.30. The molecule has 6 nitrogen and oxygen atoms in total. The second-order valence-electron chi connectivity index (χ2n) is 5.83. The summed E-state index contributed by atoms with van der Waals surface area (Å²) in [7, 11) is -1.13. The second kappa shape index (κ2) is 8.70. The fourth-order valence-corrected chi connectivity index (χ4v) is 3.51. The third-order valence-corrected chi connectivity index (χ3v) is 5.41. The van der Waals surface area contributed by atoms with E-state index in [1.54, 1.807) is 55.6 Å². The number of esters is 2. The first kappa shape index (κ1) is 20.3. The fraction of sp³-hybridized carbons (Fsp3) is 0.200. The van der Waals surface area contributed by atoms with Gasteiger partial charge in [0.05, 0.1) is 17.7 Å². The van der Waals surface area contributed by atoms with Gasteiger partial charge in [-0.1, -0.05) is 15.9 Å². The maximum absolute atomic E-state index is 12.4. The van der Waals surface area contributed by atoms with Gasteiger partial charge in [-0.05, 0) is 49.4 Å². The second-order valence-corrected chi connectivity index (χ2v) is 8.12. The van der Waals surface area contributed by atoms with Crippen LogP contribution in [-0.4, -0.2) is 29.0 Å². The molecule has 3 rings (SSSR count). The number of benzene rings is 2. The lowest BCUT2D eigenvalue weighted by Crippen LogP contribution is -2.10. The van der Waals surface area contributed by atoms with Gasteiger partial charge in [-0.2, -0.15) is 0 Å². The van der Waals surface area contributed by atoms with E-state index in [-0.39, 0.29) is 19.0 Å². The molecule has 0 amide bonds. The molecular weight excluding hydrogens is 448 g/mol. The van der Waals surface area contributed by atoms with Crippen molar-refractivity contribution in [1.29, 1.82) is 0 Å². The highest BCUT2D eigenvalue weighted by molar-refractivity contribution is 9.10. The van der Waals surface area contributed by atoms with Gasteiger partial charge in [-0.3, -0.25) is 4.21 Å². The van der Waals surface area contributed by atoms with Crippen LogP contribution in [0.25, 0.3) is 11.0 Å². The minimum absolute atomic E-state index is 0.0134. The molecule has 0 aliphatic rings. The van der Waals surface area contributed by atoms with E-state index in [9.17, 15) is 13.8 Å². The summed E-state index contributed by atoms with van der Waals surface area (Å²) in [5, 5.41) is 0.655. The fourth-order valence-electron chi connectivity index (χ4n) is 2.63. The molecule has 1 aromatic heterocycles. The molecule has 0 spiro atoms. The Labute approximate surface area is 172 Å². The Morgan fingerprint density at radius 2 is 1.79 bits per heavy atom. The van der Waals surface area contributed by atoms with E-state index in [0.29, 0.717) is 27.0 Å². The predicted molar refractivity (Wildman–Crippen MR) is 108 cm³/mol. The lowest BCUT2D eigenvalue weighted by Gasteiger charge is -2.06. The number of ether oxygens (including phenoxy) is 2. The highest BCUT2D eigenvalue weighted by atomic mass is 79.9. The van der Waals surface area contributed by atoms with Gasteiger partial charge in [0, 0.05) is 31.8 Å². The molecule has 0 saturated carbocycles. The van der Waals surface area contributed by atoms with Crippen molar-refractivity contribution in [2.24, 2.45) is 0 Å². The first-order chi connectivity index (χ1) is 13.4. The van der Waals surface area contributed by atoms with Gasteiger partial charge in [0.2, 0.25) is 5.76 Å². The van der Waals surface area contributed by atoms with Crippen LogP contribution in [0.5, 0.6) is 0 Å². The zero-order valence-corrected chi connectivity index (χ0v) is 17.6. The van der Waals surface area contributed by atoms with Crippen molar-refractivity contribution in [2.45, 2.75) is 18.4 Å². The maximum Gasteiger partial charge on any atom is 0.374 e. The van der Waals surface area contributed by atoms with E-state index >= 15 is 0 Å². The van der Waals surface area contributed by atoms with Gasteiger partial charge in [0.1, 0.15) is 12.2 Å². The molecule has 0 radical (unpaired) electrons. The summed E-state index contributed by atoms with van der Waals surface area (Å²) in [5.74, 6) is -1.16. The van der Waals surface area contributed by atoms with E-state index in [1.807, 2.05) is 0 Å². The Bertz CT molecular complexity index is 1050. The van der Waals surface area contributed by atoms with Gasteiger partial charge >= 0.3 is 11.9 Å². The molecule has 0 bridgehead atoms. The zero-order valence-electron chi connectivity index (χ0n) is 15.2. The monoisotopic (exact) mass is 464 g/mol. The number of carbonyl (C=O) groups excluding carboxylic acids is 2. The first-order valence-electron chi connectivity index (χ1n) is 8.39. The van der Waals surface area contributed by atoms with E-state index in [0.717, 1.165) is 4.47 Å². The standard InChI is InChI=1S/C20H17BrO6S/c1-3-25-20(23)18-16(15-10-13(21)6-9-17(15)27-18)11-26-19(22)12-4-7-14(8-5-12)28(2)24/h4-10H,3,11H2,1-2H3. The van der Waals surface area contributed by atoms with Crippen molar-refractivity contribution in [1.82, 2.24) is 0 Å². The lowest BCUT2D eigenvalue weighted by molar-refractivity contribution is 0.0435. The molecule has 146 valence electrons. The van der Waals surface area contributed by atoms with Crippen LogP contribution in [0.1, 0.15) is 33.4 Å². The Balaban J connectivity index is 1.87. The minimum atomic E-state index is -1.13. The summed E-state index contributed by atoms with van der Waals surface area (Å²) in [6.07, 6.45) is 1.56. The molecule has 28 heavy (non-hydrogen) atoms. The van der Waals surface area contributed by atoms with E-state index < -0.39 is 22.7 Å². The predicted octanol–water partition coefficient (Wildman–Crippen LogP) is 4.47. The molecular formula is C20H17BrO6S. The summed E-state index contributed by atoms with van der Waals surface area (Å²) < 4.78 is 28.3. The van der Waals surface area contributed by atoms with E-state index in [2.05, 4.69) is 15.9 Å². The van der Waals surface area contributed by atoms with Crippen molar-refractivity contribution in [2.75, 3.05) is 12.9 Å². The van der Waals surface area contributed by atoms with Gasteiger partial charge < -0.3 is 13.9 Å². The molecule has 1 unspecified atom stereocenters. The molecule has 0 aliphatic carbocycles. The van der Waals surface area contributed by atoms with Gasteiger partial charge in [0.15, 0.2) is 0 Å². The summed E-state index contributed by atoms with van der Waals surface area (Å²) >= 11 is 3.39. The Kier molecular flexibility index (Phi) is 6.31. The van der Waals surface area contributed by atoms with E-state index in [4.69, 9.17) is 13.9 Å². The minimum Gasteiger partial charge on any atom is -0.460 e. The van der Waals surface area contributed by atoms with Crippen molar-refractivity contribution in [3.63, 3.8) is 0 Å². The third-order valence-electron chi connectivity index (χ3n) is 3.98. The third kappa shape index (κ3) is 4.34. The van der Waals surface area contributed by atoms with Crippen LogP contribution in [0.4, 0.5) is 0 Å². The number of furan rings is 1. The smallest absolute Gasteiger partial charge is 0.374 e. The summed E-state index contributed by atoms with van der Waals surface area (Å²) in [5.41, 5.74) is 1.25. The zero-order chi connectivity index (χ0) is 20.3. The molecule has 3 aromatic rings. The number of carbonyl (C=O) groups is 2. The van der Waals surface area contributed by atoms with Crippen molar-refractivity contribution in [3.05, 3.63) is 63.8 Å². The Morgan fingerprint density at radius 3 is 2.43 bits per heavy atom. The van der Waals surface area contributed by atoms with Crippen molar-refractivity contribution < 1.29 is 27.7 Å². The molecule has 0 aliphatic heterocycles. The summed E-state index contributed by atoms with van der Waals surface area (Å²) in [6.45, 7) is 1.74. The van der Waals surface area contributed by atoms with Gasteiger partial charge in [0.25, 0.3) is 0 Å². The average Bonchev–Trinajstić information content (AvgIpc) is 3.04. The van der Waals surface area contributed by atoms with Gasteiger partial charge in [-0.25, -0.2) is 9.59 Å². The van der Waals surface area contributed by atoms with Crippen LogP contribution < -0.4 is 0 Å². The Hall–Kier alpha value is -2.45. The van der Waals surface area contributed by atoms with Crippen LogP contribution in [0.3, 0.4) is 0 Å². The lowest BCUT2D eigenvalue weighted by atomic mass is 10.1. The van der Waals surface area contributed by atoms with Crippen LogP contribution in [0.15, 0.2) is 56.2 Å². The average molecular weight is 465 g/mol. The SMILES string of the molecule is CCOC(=O)c1oc2ccc(Br)cc2c1COC(=O)c1ccc(S(C)=O)cc1. The molecule has 8 heteroatoms. The van der Waals surface area contributed by atoms with Crippen molar-refractivity contribution in [3.8, 4) is 0 Å². The molecule has 0 fully saturated rings. The van der Waals surface area contributed by atoms with Crippen LogP contribution in [0.2, 0.25) is 0 Å². The van der Waals surface area contributed by atoms with Crippen LogP contribution in [-0.2, 0) is 26.9 Å². The summed E-state index contributed by atoms with van der Waals surface area (Å²) in [4.78, 5) is 25.2. The molecule has 2 aromatic carbocycles. The number of hydrogen-bond acceptors (Lipinski definition) is 6. The number of halogens is 1. The molecule has 0 saturated heterocycles. The summed E-state index contributed by atoms with van der Waals surface area (Å²) in [6, 6.07) is 11.6. The topological polar surface area (TPSA) is 82.8 Å².